The Bertz CT molecular complexity index is 723. The number of anilines is 2. The van der Waals surface area contributed by atoms with Gasteiger partial charge in [0.25, 0.3) is 0 Å². The maximum Gasteiger partial charge on any atom is 0.226 e. The van der Waals surface area contributed by atoms with Crippen LogP contribution in [0.3, 0.4) is 0 Å². The first-order valence-electron chi connectivity index (χ1n) is 8.66. The van der Waals surface area contributed by atoms with Gasteiger partial charge in [0.05, 0.1) is 15.6 Å². The lowest BCUT2D eigenvalue weighted by Gasteiger charge is -2.13. The first kappa shape index (κ1) is 20.8. The highest BCUT2D eigenvalue weighted by atomic mass is 79.9. The molecule has 0 atom stereocenters. The smallest absolute Gasteiger partial charge is 0.226 e. The molecule has 0 saturated heterocycles. The van der Waals surface area contributed by atoms with E-state index in [2.05, 4.69) is 61.5 Å². The minimum absolute atomic E-state index is 0.0193. The van der Waals surface area contributed by atoms with E-state index in [0.29, 0.717) is 13.2 Å². The SMILES string of the molecule is CCCOc1c(Br)cc(CNc2ccc(NC(=O)C(C)C)cc2)cc1Br. The largest absolute Gasteiger partial charge is 0.491 e. The highest BCUT2D eigenvalue weighted by Crippen LogP contribution is 2.35. The molecule has 2 rings (SSSR count). The summed E-state index contributed by atoms with van der Waals surface area (Å²) in [5.74, 6) is 0.820. The van der Waals surface area contributed by atoms with Crippen molar-refractivity contribution in [3.8, 4) is 5.75 Å². The zero-order chi connectivity index (χ0) is 19.1. The molecule has 0 unspecified atom stereocenters. The van der Waals surface area contributed by atoms with E-state index in [9.17, 15) is 4.79 Å². The molecule has 0 radical (unpaired) electrons. The Kier molecular flexibility index (Phi) is 7.97. The molecule has 2 aromatic carbocycles. The average Bonchev–Trinajstić information content (AvgIpc) is 2.60. The summed E-state index contributed by atoms with van der Waals surface area (Å²) >= 11 is 7.15. The molecule has 0 aliphatic carbocycles. The fourth-order valence-corrected chi connectivity index (χ4v) is 3.73. The molecule has 2 N–H and O–H groups in total. The molecule has 6 heteroatoms. The fourth-order valence-electron chi connectivity index (χ4n) is 2.22. The van der Waals surface area contributed by atoms with Crippen molar-refractivity contribution in [2.45, 2.75) is 33.7 Å². The summed E-state index contributed by atoms with van der Waals surface area (Å²) in [6, 6.07) is 11.8. The minimum atomic E-state index is -0.0334. The van der Waals surface area contributed by atoms with Gasteiger partial charge >= 0.3 is 0 Å². The first-order chi connectivity index (χ1) is 12.4. The Morgan fingerprint density at radius 2 is 1.65 bits per heavy atom. The maximum absolute atomic E-state index is 11.7. The van der Waals surface area contributed by atoms with Crippen molar-refractivity contribution in [3.05, 3.63) is 50.9 Å². The summed E-state index contributed by atoms with van der Waals surface area (Å²) in [6.45, 7) is 7.21. The number of rotatable bonds is 8. The van der Waals surface area contributed by atoms with Crippen LogP contribution in [0.5, 0.6) is 5.75 Å². The fraction of sp³-hybridized carbons (Fsp3) is 0.350. The van der Waals surface area contributed by atoms with Gasteiger partial charge < -0.3 is 15.4 Å². The van der Waals surface area contributed by atoms with Crippen molar-refractivity contribution >= 4 is 49.1 Å². The molecule has 0 spiro atoms. The van der Waals surface area contributed by atoms with Crippen LogP contribution < -0.4 is 15.4 Å². The Balaban J connectivity index is 1.97. The molecule has 0 aromatic heterocycles. The number of halogens is 2. The van der Waals surface area contributed by atoms with Crippen molar-refractivity contribution in [1.82, 2.24) is 0 Å². The third-order valence-electron chi connectivity index (χ3n) is 3.68. The van der Waals surface area contributed by atoms with Crippen molar-refractivity contribution < 1.29 is 9.53 Å². The standard InChI is InChI=1S/C20H24Br2N2O2/c1-4-9-26-19-17(21)10-14(11-18(19)22)12-23-15-5-7-16(8-6-15)24-20(25)13(2)3/h5-8,10-11,13,23H,4,9,12H2,1-3H3,(H,24,25). The molecule has 4 nitrogen and oxygen atoms in total. The van der Waals surface area contributed by atoms with E-state index < -0.39 is 0 Å². The molecule has 26 heavy (non-hydrogen) atoms. The van der Waals surface area contributed by atoms with Gasteiger partial charge in [-0.25, -0.2) is 0 Å². The second-order valence-electron chi connectivity index (χ2n) is 6.31. The molecule has 0 bridgehead atoms. The Labute approximate surface area is 172 Å². The van der Waals surface area contributed by atoms with Crippen LogP contribution in [0.15, 0.2) is 45.3 Å². The van der Waals surface area contributed by atoms with E-state index >= 15 is 0 Å². The maximum atomic E-state index is 11.7. The monoisotopic (exact) mass is 482 g/mol. The van der Waals surface area contributed by atoms with E-state index in [1.165, 1.54) is 0 Å². The molecule has 0 aliphatic rings. The summed E-state index contributed by atoms with van der Waals surface area (Å²) < 4.78 is 7.62. The second kappa shape index (κ2) is 9.97. The Morgan fingerprint density at radius 1 is 1.08 bits per heavy atom. The van der Waals surface area contributed by atoms with Crippen molar-refractivity contribution in [1.29, 1.82) is 0 Å². The van der Waals surface area contributed by atoms with Crippen LogP contribution in [0.25, 0.3) is 0 Å². The lowest BCUT2D eigenvalue weighted by molar-refractivity contribution is -0.118. The van der Waals surface area contributed by atoms with Gasteiger partial charge in [0.2, 0.25) is 5.91 Å². The van der Waals surface area contributed by atoms with Crippen LogP contribution in [0.1, 0.15) is 32.8 Å². The topological polar surface area (TPSA) is 50.4 Å². The van der Waals surface area contributed by atoms with Crippen LogP contribution >= 0.6 is 31.9 Å². The van der Waals surface area contributed by atoms with E-state index in [0.717, 1.165) is 38.1 Å². The molecule has 0 fully saturated rings. The molecule has 2 aromatic rings. The van der Waals surface area contributed by atoms with Gasteiger partial charge in [0, 0.05) is 23.8 Å². The van der Waals surface area contributed by atoms with E-state index in [1.807, 2.05) is 38.1 Å². The van der Waals surface area contributed by atoms with Crippen LogP contribution in [-0.4, -0.2) is 12.5 Å². The molecule has 0 aliphatic heterocycles. The summed E-state index contributed by atoms with van der Waals surface area (Å²) in [5, 5.41) is 6.27. The van der Waals surface area contributed by atoms with Crippen LogP contribution in [0, 0.1) is 5.92 Å². The third-order valence-corrected chi connectivity index (χ3v) is 4.86. The summed E-state index contributed by atoms with van der Waals surface area (Å²) in [5.41, 5.74) is 2.92. The summed E-state index contributed by atoms with van der Waals surface area (Å²) in [6.07, 6.45) is 0.968. The van der Waals surface area contributed by atoms with E-state index in [4.69, 9.17) is 4.74 Å². The molecular weight excluding hydrogens is 460 g/mol. The number of carbonyl (C=O) groups is 1. The van der Waals surface area contributed by atoms with Crippen molar-refractivity contribution in [2.24, 2.45) is 5.92 Å². The molecule has 140 valence electrons. The van der Waals surface area contributed by atoms with Crippen molar-refractivity contribution in [2.75, 3.05) is 17.2 Å². The van der Waals surface area contributed by atoms with Gasteiger partial charge in [0.1, 0.15) is 5.75 Å². The zero-order valence-electron chi connectivity index (χ0n) is 15.2. The molecular formula is C20H24Br2N2O2. The average molecular weight is 484 g/mol. The number of carbonyl (C=O) groups excluding carboxylic acids is 1. The summed E-state index contributed by atoms with van der Waals surface area (Å²) in [4.78, 5) is 11.7. The number of benzene rings is 2. The van der Waals surface area contributed by atoms with E-state index in [1.54, 1.807) is 0 Å². The quantitative estimate of drug-likeness (QED) is 0.469. The lowest BCUT2D eigenvalue weighted by Crippen LogP contribution is -2.17. The van der Waals surface area contributed by atoms with Crippen LogP contribution in [0.4, 0.5) is 11.4 Å². The molecule has 0 saturated carbocycles. The van der Waals surface area contributed by atoms with Gasteiger partial charge in [-0.05, 0) is 80.2 Å². The normalized spacial score (nSPS) is 10.7. The third kappa shape index (κ3) is 6.02. The van der Waals surface area contributed by atoms with Crippen LogP contribution in [0.2, 0.25) is 0 Å². The second-order valence-corrected chi connectivity index (χ2v) is 8.02. The van der Waals surface area contributed by atoms with Gasteiger partial charge in [-0.3, -0.25) is 4.79 Å². The molecule has 1 amide bonds. The predicted molar refractivity (Wildman–Crippen MR) is 115 cm³/mol. The predicted octanol–water partition coefficient (Wildman–Crippen LogP) is 6.21. The number of amides is 1. The van der Waals surface area contributed by atoms with Crippen LogP contribution in [-0.2, 0) is 11.3 Å². The van der Waals surface area contributed by atoms with Gasteiger partial charge in [0.15, 0.2) is 0 Å². The minimum Gasteiger partial charge on any atom is -0.491 e. The number of nitrogens with one attached hydrogen (secondary N) is 2. The highest BCUT2D eigenvalue weighted by Gasteiger charge is 2.09. The van der Waals surface area contributed by atoms with Gasteiger partial charge in [-0.2, -0.15) is 0 Å². The Morgan fingerprint density at radius 3 is 2.19 bits per heavy atom. The number of hydrogen-bond acceptors (Lipinski definition) is 3. The van der Waals surface area contributed by atoms with E-state index in [-0.39, 0.29) is 11.8 Å². The number of hydrogen-bond donors (Lipinski definition) is 2. The molecule has 0 heterocycles. The highest BCUT2D eigenvalue weighted by molar-refractivity contribution is 9.11. The Hall–Kier alpha value is -1.53. The zero-order valence-corrected chi connectivity index (χ0v) is 18.4. The van der Waals surface area contributed by atoms with Crippen molar-refractivity contribution in [3.63, 3.8) is 0 Å². The first-order valence-corrected chi connectivity index (χ1v) is 10.2. The van der Waals surface area contributed by atoms with Gasteiger partial charge in [-0.1, -0.05) is 20.8 Å². The van der Waals surface area contributed by atoms with Gasteiger partial charge in [-0.15, -0.1) is 0 Å². The lowest BCUT2D eigenvalue weighted by atomic mass is 10.2. The summed E-state index contributed by atoms with van der Waals surface area (Å²) in [7, 11) is 0. The number of ether oxygens (including phenoxy) is 1.